The number of phenolic OH excluding ortho intramolecular Hbond substituents is 1. The minimum atomic E-state index is -1.60. The highest BCUT2D eigenvalue weighted by molar-refractivity contribution is 5.96. The second kappa shape index (κ2) is 16.5. The fourth-order valence-electron chi connectivity index (χ4n) is 9.45. The molecule has 8 rings (SSSR count). The molecule has 3 saturated heterocycles. The van der Waals surface area contributed by atoms with Crippen LogP contribution in [0.25, 0.3) is 6.08 Å². The zero-order valence-electron chi connectivity index (χ0n) is 34.6. The van der Waals surface area contributed by atoms with Gasteiger partial charge >= 0.3 is 11.9 Å². The van der Waals surface area contributed by atoms with Crippen molar-refractivity contribution in [2.24, 2.45) is 17.3 Å². The highest BCUT2D eigenvalue weighted by Crippen LogP contribution is 2.63. The molecule has 6 fully saturated rings. The zero-order chi connectivity index (χ0) is 42.6. The van der Waals surface area contributed by atoms with E-state index in [-0.39, 0.29) is 43.4 Å². The van der Waals surface area contributed by atoms with Crippen molar-refractivity contribution in [1.82, 2.24) is 15.7 Å². The normalized spacial score (nSPS) is 29.6. The smallest absolute Gasteiger partial charge is 0.327 e. The first-order chi connectivity index (χ1) is 28.6. The Labute approximate surface area is 349 Å². The standard InChI is InChI=1S/C45H57N3O12/c1-25(50)35(40(53)46-31(24-49)20-21-34(52)57-43(2,3)4)47-42(55)44-22-33-36-37(59-45(58-36,29-16-17-29)30-18-19-30)39(44)60-48(38(44)41(54)56-33)23-27-14-12-26(13-15-27)8-7-10-28-9-5-6-11-32(28)51/h5-9,11-15,25,29-31,33,35-39,49-51H,10,16-24H2,1-4H3,(H,46,53)(H,47,55). The van der Waals surface area contributed by atoms with Crippen molar-refractivity contribution in [3.8, 4) is 5.75 Å². The fraction of sp³-hybridized carbons (Fsp3) is 0.600. The number of esters is 2. The highest BCUT2D eigenvalue weighted by atomic mass is 16.8. The molecule has 3 aliphatic carbocycles. The topological polar surface area (TPSA) is 202 Å². The van der Waals surface area contributed by atoms with Crippen LogP contribution < -0.4 is 10.6 Å². The van der Waals surface area contributed by atoms with Crippen LogP contribution in [0, 0.1) is 17.3 Å². The number of carbonyl (C=O) groups excluding carboxylic acids is 4. The molecule has 3 heterocycles. The van der Waals surface area contributed by atoms with Crippen molar-refractivity contribution >= 4 is 29.8 Å². The first kappa shape index (κ1) is 42.3. The fourth-order valence-corrected chi connectivity index (χ4v) is 9.45. The molecule has 3 aliphatic heterocycles. The molecule has 15 heteroatoms. The van der Waals surface area contributed by atoms with E-state index in [9.17, 15) is 29.7 Å². The maximum Gasteiger partial charge on any atom is 0.327 e. The Balaban J connectivity index is 1.03. The van der Waals surface area contributed by atoms with Crippen molar-refractivity contribution in [3.63, 3.8) is 0 Å². The van der Waals surface area contributed by atoms with E-state index in [1.807, 2.05) is 48.6 Å². The van der Waals surface area contributed by atoms with Gasteiger partial charge < -0.3 is 44.9 Å². The summed E-state index contributed by atoms with van der Waals surface area (Å²) in [4.78, 5) is 62.1. The molecule has 3 saturated carbocycles. The third kappa shape index (κ3) is 8.32. The quantitative estimate of drug-likeness (QED) is 0.155. The Kier molecular flexibility index (Phi) is 11.6. The molecule has 9 unspecified atom stereocenters. The van der Waals surface area contributed by atoms with Crippen LogP contribution in [-0.4, -0.2) is 111 Å². The van der Waals surface area contributed by atoms with Gasteiger partial charge in [-0.1, -0.05) is 54.6 Å². The maximum atomic E-state index is 15.0. The number of benzene rings is 2. The number of nitrogens with zero attached hydrogens (tertiary/aromatic N) is 1. The molecule has 2 bridgehead atoms. The molecule has 6 aliphatic rings. The van der Waals surface area contributed by atoms with Crippen molar-refractivity contribution in [2.75, 3.05) is 6.61 Å². The van der Waals surface area contributed by atoms with Crippen LogP contribution in [0.1, 0.15) is 89.3 Å². The number of aromatic hydroxyl groups is 1. The summed E-state index contributed by atoms with van der Waals surface area (Å²) in [7, 11) is 0. The van der Waals surface area contributed by atoms with Crippen LogP contribution in [0.2, 0.25) is 0 Å². The summed E-state index contributed by atoms with van der Waals surface area (Å²) >= 11 is 0. The second-order valence-electron chi connectivity index (χ2n) is 18.3. The summed E-state index contributed by atoms with van der Waals surface area (Å²) in [5.74, 6) is -2.86. The van der Waals surface area contributed by atoms with Crippen LogP contribution in [-0.2, 0) is 55.9 Å². The van der Waals surface area contributed by atoms with E-state index < -0.39 is 95.8 Å². The summed E-state index contributed by atoms with van der Waals surface area (Å²) < 4.78 is 25.2. The molecule has 0 radical (unpaired) electrons. The van der Waals surface area contributed by atoms with Gasteiger partial charge in [-0.25, -0.2) is 0 Å². The summed E-state index contributed by atoms with van der Waals surface area (Å²) in [6.45, 7) is 6.19. The number of rotatable bonds is 16. The van der Waals surface area contributed by atoms with Gasteiger partial charge in [0.15, 0.2) is 11.8 Å². The number of ether oxygens (including phenoxy) is 4. The average molecular weight is 832 g/mol. The molecule has 15 nitrogen and oxygen atoms in total. The predicted molar refractivity (Wildman–Crippen MR) is 214 cm³/mol. The van der Waals surface area contributed by atoms with Gasteiger partial charge in [-0.15, -0.1) is 0 Å². The van der Waals surface area contributed by atoms with E-state index in [0.717, 1.165) is 42.4 Å². The Morgan fingerprint density at radius 3 is 2.32 bits per heavy atom. The number of hydrogen-bond donors (Lipinski definition) is 5. The summed E-state index contributed by atoms with van der Waals surface area (Å²) in [6, 6.07) is 11.3. The number of nitrogens with one attached hydrogen (secondary N) is 2. The summed E-state index contributed by atoms with van der Waals surface area (Å²) in [5.41, 5.74) is 0.231. The van der Waals surface area contributed by atoms with Crippen molar-refractivity contribution in [2.45, 2.75) is 146 Å². The lowest BCUT2D eigenvalue weighted by Gasteiger charge is -2.49. The van der Waals surface area contributed by atoms with E-state index >= 15 is 4.79 Å². The van der Waals surface area contributed by atoms with Crippen molar-refractivity contribution in [1.29, 1.82) is 0 Å². The van der Waals surface area contributed by atoms with Crippen LogP contribution >= 0.6 is 0 Å². The summed E-state index contributed by atoms with van der Waals surface area (Å²) in [6.07, 6.45) is 3.64. The van der Waals surface area contributed by atoms with Crippen molar-refractivity contribution in [3.05, 3.63) is 71.3 Å². The van der Waals surface area contributed by atoms with E-state index in [1.54, 1.807) is 32.9 Å². The number of phenols is 1. The number of allylic oxidation sites excluding steroid dienone is 1. The lowest BCUT2D eigenvalue weighted by atomic mass is 9.62. The van der Waals surface area contributed by atoms with E-state index in [1.165, 1.54) is 12.0 Å². The van der Waals surface area contributed by atoms with Gasteiger partial charge in [0.25, 0.3) is 0 Å². The molecule has 2 aromatic carbocycles. The first-order valence-corrected chi connectivity index (χ1v) is 21.3. The average Bonchev–Trinajstić information content (AvgIpc) is 4.15. The van der Waals surface area contributed by atoms with Crippen LogP contribution in [0.5, 0.6) is 5.75 Å². The Bertz CT molecular complexity index is 1960. The molecule has 2 aromatic rings. The molecule has 5 N–H and O–H groups in total. The van der Waals surface area contributed by atoms with Crippen LogP contribution in [0.15, 0.2) is 54.6 Å². The Morgan fingerprint density at radius 2 is 1.68 bits per heavy atom. The zero-order valence-corrected chi connectivity index (χ0v) is 34.6. The minimum Gasteiger partial charge on any atom is -0.508 e. The second-order valence-corrected chi connectivity index (χ2v) is 18.3. The molecule has 9 atom stereocenters. The van der Waals surface area contributed by atoms with Crippen LogP contribution in [0.3, 0.4) is 0 Å². The van der Waals surface area contributed by atoms with E-state index in [4.69, 9.17) is 23.8 Å². The number of hydroxylamine groups is 2. The third-order valence-corrected chi connectivity index (χ3v) is 12.6. The number of amides is 2. The van der Waals surface area contributed by atoms with Crippen molar-refractivity contribution < 1.29 is 58.3 Å². The van der Waals surface area contributed by atoms with E-state index in [0.29, 0.717) is 6.42 Å². The third-order valence-electron chi connectivity index (χ3n) is 12.6. The molecule has 0 spiro atoms. The van der Waals surface area contributed by atoms with E-state index in [2.05, 4.69) is 10.6 Å². The SMILES string of the molecule is CC(O)C(NC(=O)C12CC3OC(=O)C1N(Cc1ccc(C=CCc4ccccc4O)cc1)OC2C1OC(C2CC2)(C2CC2)OC31)C(=O)NC(CO)CCC(=O)OC(C)(C)C. The van der Waals surface area contributed by atoms with Gasteiger partial charge in [0.2, 0.25) is 11.8 Å². The molecule has 324 valence electrons. The minimum absolute atomic E-state index is 0.0380. The van der Waals surface area contributed by atoms with Gasteiger partial charge in [-0.2, -0.15) is 5.06 Å². The van der Waals surface area contributed by atoms with Gasteiger partial charge in [-0.05, 0) is 89.0 Å². The number of carbonyl (C=O) groups is 4. The lowest BCUT2D eigenvalue weighted by Crippen LogP contribution is -2.71. The van der Waals surface area contributed by atoms with Crippen LogP contribution in [0.4, 0.5) is 0 Å². The number of aliphatic hydroxyl groups is 2. The summed E-state index contributed by atoms with van der Waals surface area (Å²) in [5, 5.41) is 38.1. The molecule has 0 aromatic heterocycles. The van der Waals surface area contributed by atoms with Gasteiger partial charge in [-0.3, -0.25) is 24.0 Å². The molecule has 60 heavy (non-hydrogen) atoms. The predicted octanol–water partition coefficient (Wildman–Crippen LogP) is 3.21. The molecule has 2 amide bonds. The highest BCUT2D eigenvalue weighted by Gasteiger charge is 2.78. The van der Waals surface area contributed by atoms with Gasteiger partial charge in [0.1, 0.15) is 47.2 Å². The maximum absolute atomic E-state index is 15.0. The van der Waals surface area contributed by atoms with Gasteiger partial charge in [0, 0.05) is 24.7 Å². The first-order valence-electron chi connectivity index (χ1n) is 21.3. The number of para-hydroxylation sites is 1. The molecular weight excluding hydrogens is 775 g/mol. The number of fused-ring (bicyclic) bond motifs is 4. The lowest BCUT2D eigenvalue weighted by molar-refractivity contribution is -0.235. The van der Waals surface area contributed by atoms with Gasteiger partial charge in [0.05, 0.1) is 25.3 Å². The monoisotopic (exact) mass is 831 g/mol. The number of aliphatic hydroxyl groups excluding tert-OH is 2. The molecular formula is C45H57N3O12. The number of hydrogen-bond acceptors (Lipinski definition) is 13. The Hall–Kier alpha value is -4.38. The Morgan fingerprint density at radius 1 is 1.00 bits per heavy atom. The largest absolute Gasteiger partial charge is 0.508 e.